The lowest BCUT2D eigenvalue weighted by atomic mass is 9.91. The lowest BCUT2D eigenvalue weighted by Gasteiger charge is -2.31. The van der Waals surface area contributed by atoms with Crippen molar-refractivity contribution in [1.82, 2.24) is 20.1 Å². The van der Waals surface area contributed by atoms with E-state index >= 15 is 0 Å². The molecular formula is C21H24N4O2. The predicted molar refractivity (Wildman–Crippen MR) is 104 cm³/mol. The molecule has 0 radical (unpaired) electrons. The number of fused-ring (bicyclic) bond motifs is 1. The van der Waals surface area contributed by atoms with E-state index in [0.717, 1.165) is 48.3 Å². The molecule has 2 aromatic heterocycles. The van der Waals surface area contributed by atoms with Gasteiger partial charge in [-0.15, -0.1) is 0 Å². The topological polar surface area (TPSA) is 71.1 Å². The second-order valence-corrected chi connectivity index (χ2v) is 7.17. The molecule has 0 aliphatic carbocycles. The number of benzene rings is 1. The number of ether oxygens (including phenoxy) is 1. The Kier molecular flexibility index (Phi) is 4.90. The molecule has 1 fully saturated rings. The molecule has 0 saturated carbocycles. The molecule has 6 heteroatoms. The number of methoxy groups -OCH3 is 1. The number of carbonyl (C=O) groups excluding carboxylic acids is 1. The Balaban J connectivity index is 1.45. The number of likely N-dealkylation sites (tertiary alicyclic amines) is 1. The quantitative estimate of drug-likeness (QED) is 0.703. The van der Waals surface area contributed by atoms with Crippen LogP contribution < -0.4 is 4.74 Å². The first kappa shape index (κ1) is 17.7. The highest BCUT2D eigenvalue weighted by molar-refractivity contribution is 5.95. The summed E-state index contributed by atoms with van der Waals surface area (Å²) in [5.74, 6) is 1.43. The number of hydrogen-bond donors (Lipinski definition) is 1. The van der Waals surface area contributed by atoms with Gasteiger partial charge in [0.25, 0.3) is 0 Å². The molecule has 27 heavy (non-hydrogen) atoms. The molecule has 3 aromatic rings. The Bertz CT molecular complexity index is 944. The highest BCUT2D eigenvalue weighted by Gasteiger charge is 2.24. The van der Waals surface area contributed by atoms with Crippen molar-refractivity contribution >= 4 is 16.6 Å². The number of nitrogens with zero attached hydrogens (tertiary/aromatic N) is 3. The Hall–Kier alpha value is -2.73. The van der Waals surface area contributed by atoms with Gasteiger partial charge in [0.05, 0.1) is 13.7 Å². The molecule has 1 aromatic carbocycles. The second-order valence-electron chi connectivity index (χ2n) is 7.17. The van der Waals surface area contributed by atoms with Gasteiger partial charge in [0.1, 0.15) is 11.4 Å². The van der Waals surface area contributed by atoms with Crippen LogP contribution >= 0.6 is 0 Å². The van der Waals surface area contributed by atoms with E-state index in [2.05, 4.69) is 34.2 Å². The van der Waals surface area contributed by atoms with Crippen LogP contribution in [0, 0.1) is 6.92 Å². The van der Waals surface area contributed by atoms with E-state index in [-0.39, 0.29) is 5.78 Å². The van der Waals surface area contributed by atoms with Crippen LogP contribution in [0.1, 0.15) is 40.5 Å². The van der Waals surface area contributed by atoms with Gasteiger partial charge >= 0.3 is 0 Å². The normalized spacial score (nSPS) is 15.9. The van der Waals surface area contributed by atoms with Gasteiger partial charge < -0.3 is 4.74 Å². The lowest BCUT2D eigenvalue weighted by molar-refractivity contribution is 0.0904. The maximum absolute atomic E-state index is 12.2. The van der Waals surface area contributed by atoms with Crippen molar-refractivity contribution in [2.75, 3.05) is 26.7 Å². The summed E-state index contributed by atoms with van der Waals surface area (Å²) in [5.41, 5.74) is 2.87. The van der Waals surface area contributed by atoms with Gasteiger partial charge in [0, 0.05) is 29.4 Å². The third kappa shape index (κ3) is 3.57. The molecule has 0 amide bonds. The average molecular weight is 364 g/mol. The standard InChI is InChI=1S/C21H24N4O2/c1-14-17-11-19(22-12-16(17)3-4-21(14)27-2)15-6-9-25(10-7-15)13-20(26)18-5-8-23-24-18/h3-5,8,11-12,15H,6-7,9-10,13H2,1-2H3,(H,23,24). The maximum Gasteiger partial charge on any atom is 0.194 e. The summed E-state index contributed by atoms with van der Waals surface area (Å²) in [6.07, 6.45) is 5.60. The number of hydrogen-bond acceptors (Lipinski definition) is 5. The molecule has 1 saturated heterocycles. The molecule has 0 bridgehead atoms. The van der Waals surface area contributed by atoms with Crippen molar-refractivity contribution in [3.63, 3.8) is 0 Å². The second kappa shape index (κ2) is 7.48. The Morgan fingerprint density at radius 3 is 2.81 bits per heavy atom. The van der Waals surface area contributed by atoms with Crippen molar-refractivity contribution in [3.05, 3.63) is 53.6 Å². The van der Waals surface area contributed by atoms with Crippen molar-refractivity contribution in [2.45, 2.75) is 25.7 Å². The molecule has 1 N–H and O–H groups in total. The zero-order valence-electron chi connectivity index (χ0n) is 15.7. The highest BCUT2D eigenvalue weighted by atomic mass is 16.5. The molecule has 4 rings (SSSR count). The molecule has 140 valence electrons. The first-order chi connectivity index (χ1) is 13.2. The van der Waals surface area contributed by atoms with E-state index < -0.39 is 0 Å². The number of pyridine rings is 1. The summed E-state index contributed by atoms with van der Waals surface area (Å²) in [6.45, 7) is 4.34. The fourth-order valence-corrected chi connectivity index (χ4v) is 3.89. The summed E-state index contributed by atoms with van der Waals surface area (Å²) in [4.78, 5) is 19.2. The van der Waals surface area contributed by atoms with Crippen LogP contribution in [0.25, 0.3) is 10.8 Å². The lowest BCUT2D eigenvalue weighted by Crippen LogP contribution is -2.37. The van der Waals surface area contributed by atoms with Crippen molar-refractivity contribution in [3.8, 4) is 5.75 Å². The third-order valence-electron chi connectivity index (χ3n) is 5.54. The largest absolute Gasteiger partial charge is 0.496 e. The summed E-state index contributed by atoms with van der Waals surface area (Å²) >= 11 is 0. The molecule has 1 aliphatic rings. The number of carbonyl (C=O) groups is 1. The Labute approximate surface area is 158 Å². The third-order valence-corrected chi connectivity index (χ3v) is 5.54. The van der Waals surface area contributed by atoms with E-state index in [1.165, 1.54) is 5.39 Å². The van der Waals surface area contributed by atoms with Gasteiger partial charge in [0.2, 0.25) is 0 Å². The van der Waals surface area contributed by atoms with Crippen LogP contribution in [0.5, 0.6) is 5.75 Å². The van der Waals surface area contributed by atoms with E-state index in [1.54, 1.807) is 19.4 Å². The molecule has 6 nitrogen and oxygen atoms in total. The van der Waals surface area contributed by atoms with E-state index in [0.29, 0.717) is 18.2 Å². The van der Waals surface area contributed by atoms with Crippen molar-refractivity contribution in [1.29, 1.82) is 0 Å². The fraction of sp³-hybridized carbons (Fsp3) is 0.381. The van der Waals surface area contributed by atoms with Crippen LogP contribution in [0.3, 0.4) is 0 Å². The number of nitrogens with one attached hydrogen (secondary N) is 1. The first-order valence-electron chi connectivity index (χ1n) is 9.34. The zero-order chi connectivity index (χ0) is 18.8. The van der Waals surface area contributed by atoms with Crippen LogP contribution in [0.2, 0.25) is 0 Å². The minimum Gasteiger partial charge on any atom is -0.496 e. The number of ketones is 1. The zero-order valence-corrected chi connectivity index (χ0v) is 15.7. The minimum absolute atomic E-state index is 0.0949. The average Bonchev–Trinajstić information content (AvgIpc) is 3.24. The molecule has 3 heterocycles. The van der Waals surface area contributed by atoms with Gasteiger partial charge in [-0.25, -0.2) is 0 Å². The minimum atomic E-state index is 0.0949. The summed E-state index contributed by atoms with van der Waals surface area (Å²) < 4.78 is 5.45. The fourth-order valence-electron chi connectivity index (χ4n) is 3.89. The van der Waals surface area contributed by atoms with Gasteiger partial charge in [0.15, 0.2) is 5.78 Å². The van der Waals surface area contributed by atoms with E-state index in [1.807, 2.05) is 12.3 Å². The molecule has 0 atom stereocenters. The highest BCUT2D eigenvalue weighted by Crippen LogP contribution is 2.32. The number of H-pyrrole nitrogens is 1. The van der Waals surface area contributed by atoms with Crippen molar-refractivity contribution < 1.29 is 9.53 Å². The van der Waals surface area contributed by atoms with Gasteiger partial charge in [-0.1, -0.05) is 0 Å². The summed E-state index contributed by atoms with van der Waals surface area (Å²) in [7, 11) is 1.70. The summed E-state index contributed by atoms with van der Waals surface area (Å²) in [5, 5.41) is 8.94. The van der Waals surface area contributed by atoms with Crippen LogP contribution in [0.4, 0.5) is 0 Å². The van der Waals surface area contributed by atoms with Crippen LogP contribution in [-0.4, -0.2) is 52.6 Å². The molecule has 0 spiro atoms. The van der Waals surface area contributed by atoms with E-state index in [9.17, 15) is 4.79 Å². The van der Waals surface area contributed by atoms with Gasteiger partial charge in [-0.3, -0.25) is 19.8 Å². The van der Waals surface area contributed by atoms with E-state index in [4.69, 9.17) is 9.72 Å². The SMILES string of the molecule is COc1ccc2cnc(C3CCN(CC(=O)c4ccn[nH]4)CC3)cc2c1C. The number of rotatable bonds is 5. The smallest absolute Gasteiger partial charge is 0.194 e. The number of piperidine rings is 1. The maximum atomic E-state index is 12.2. The van der Waals surface area contributed by atoms with Gasteiger partial charge in [-0.05, 0) is 68.1 Å². The molecular weight excluding hydrogens is 340 g/mol. The monoisotopic (exact) mass is 364 g/mol. The Morgan fingerprint density at radius 2 is 2.11 bits per heavy atom. The first-order valence-corrected chi connectivity index (χ1v) is 9.34. The molecule has 0 unspecified atom stereocenters. The number of aryl methyl sites for hydroxylation is 1. The number of Topliss-reactive ketones (excluding diaryl/α,β-unsaturated/α-hetero) is 1. The Morgan fingerprint density at radius 1 is 1.30 bits per heavy atom. The molecule has 1 aliphatic heterocycles. The van der Waals surface area contributed by atoms with Crippen LogP contribution in [0.15, 0.2) is 36.7 Å². The number of aromatic amines is 1. The summed E-state index contributed by atoms with van der Waals surface area (Å²) in [6, 6.07) is 7.99. The van der Waals surface area contributed by atoms with Gasteiger partial charge in [-0.2, -0.15) is 5.10 Å². The van der Waals surface area contributed by atoms with Crippen LogP contribution in [-0.2, 0) is 0 Å². The van der Waals surface area contributed by atoms with Crippen molar-refractivity contribution in [2.24, 2.45) is 0 Å². The predicted octanol–water partition coefficient (Wildman–Crippen LogP) is 3.34. The number of aromatic nitrogens is 3.